The summed E-state index contributed by atoms with van der Waals surface area (Å²) in [6.07, 6.45) is 6.76. The highest BCUT2D eigenvalue weighted by molar-refractivity contribution is 5.92. The van der Waals surface area contributed by atoms with Crippen LogP contribution in [-0.4, -0.2) is 38.5 Å². The number of carbonyl (C=O) groups excluding carboxylic acids is 1. The Labute approximate surface area is 198 Å². The predicted octanol–water partition coefficient (Wildman–Crippen LogP) is 4.62. The number of imidazole rings is 1. The van der Waals surface area contributed by atoms with Crippen LogP contribution in [0.4, 0.5) is 11.5 Å². The minimum atomic E-state index is -0.0336. The topological polar surface area (TPSA) is 85.2 Å². The number of carbonyl (C=O) groups is 1. The Bertz CT molecular complexity index is 1250. The maximum absolute atomic E-state index is 12.8. The first-order valence-corrected chi connectivity index (χ1v) is 11.4. The number of para-hydroxylation sites is 1. The summed E-state index contributed by atoms with van der Waals surface area (Å²) in [5.74, 6) is 4.06. The molecule has 0 aliphatic carbocycles. The van der Waals surface area contributed by atoms with Gasteiger partial charge in [0, 0.05) is 43.2 Å². The molecule has 3 heterocycles. The highest BCUT2D eigenvalue weighted by Gasteiger charge is 2.26. The number of aromatic nitrogens is 4. The molecule has 1 fully saturated rings. The Morgan fingerprint density at radius 2 is 1.65 bits per heavy atom. The minimum absolute atomic E-state index is 0.0336. The van der Waals surface area contributed by atoms with Gasteiger partial charge in [-0.05, 0) is 56.2 Å². The van der Waals surface area contributed by atoms with Crippen LogP contribution in [0.5, 0.6) is 11.5 Å². The molecule has 1 saturated heterocycles. The number of nitrogens with zero attached hydrogens (tertiary/aromatic N) is 5. The second kappa shape index (κ2) is 9.74. The number of hydrogen-bond donors (Lipinski definition) is 1. The lowest BCUT2D eigenvalue weighted by Crippen LogP contribution is -2.38. The van der Waals surface area contributed by atoms with E-state index in [-0.39, 0.29) is 11.8 Å². The van der Waals surface area contributed by atoms with Crippen molar-refractivity contribution in [2.45, 2.75) is 19.8 Å². The normalized spacial score (nSPS) is 14.1. The van der Waals surface area contributed by atoms with Gasteiger partial charge in [-0.15, -0.1) is 0 Å². The van der Waals surface area contributed by atoms with E-state index in [4.69, 9.17) is 4.74 Å². The maximum atomic E-state index is 12.8. The van der Waals surface area contributed by atoms with Crippen molar-refractivity contribution in [2.75, 3.05) is 23.3 Å². The van der Waals surface area contributed by atoms with E-state index in [2.05, 4.69) is 25.2 Å². The highest BCUT2D eigenvalue weighted by Crippen LogP contribution is 2.26. The summed E-state index contributed by atoms with van der Waals surface area (Å²) in [5.41, 5.74) is 0.768. The molecule has 8 heteroatoms. The summed E-state index contributed by atoms with van der Waals surface area (Å²) < 4.78 is 7.75. The van der Waals surface area contributed by atoms with Gasteiger partial charge < -0.3 is 15.0 Å². The summed E-state index contributed by atoms with van der Waals surface area (Å²) >= 11 is 0. The zero-order valence-electron chi connectivity index (χ0n) is 19.0. The zero-order chi connectivity index (χ0) is 23.3. The van der Waals surface area contributed by atoms with Gasteiger partial charge in [-0.25, -0.2) is 15.0 Å². The molecule has 34 heavy (non-hydrogen) atoms. The maximum Gasteiger partial charge on any atom is 0.227 e. The Kier molecular flexibility index (Phi) is 6.20. The number of piperidine rings is 1. The van der Waals surface area contributed by atoms with E-state index in [1.165, 1.54) is 0 Å². The number of aryl methyl sites for hydroxylation is 1. The fraction of sp³-hybridized carbons (Fsp3) is 0.231. The fourth-order valence-electron chi connectivity index (χ4n) is 4.11. The Balaban J connectivity index is 1.15. The fourth-order valence-corrected chi connectivity index (χ4v) is 4.11. The van der Waals surface area contributed by atoms with Crippen LogP contribution < -0.4 is 15.0 Å². The molecule has 5 rings (SSSR count). The number of amides is 1. The molecule has 0 atom stereocenters. The van der Waals surface area contributed by atoms with Crippen LogP contribution in [-0.2, 0) is 4.79 Å². The quantitative estimate of drug-likeness (QED) is 0.458. The molecular formula is C26H26N6O2. The van der Waals surface area contributed by atoms with Crippen molar-refractivity contribution in [3.63, 3.8) is 0 Å². The van der Waals surface area contributed by atoms with E-state index in [9.17, 15) is 4.79 Å². The van der Waals surface area contributed by atoms with Crippen LogP contribution in [0.2, 0.25) is 0 Å². The first-order chi connectivity index (χ1) is 16.7. The lowest BCUT2D eigenvalue weighted by molar-refractivity contribution is -0.120. The lowest BCUT2D eigenvalue weighted by atomic mass is 9.96. The van der Waals surface area contributed by atoms with Gasteiger partial charge in [-0.1, -0.05) is 18.2 Å². The molecule has 0 unspecified atom stereocenters. The van der Waals surface area contributed by atoms with Crippen LogP contribution in [0.1, 0.15) is 18.7 Å². The minimum Gasteiger partial charge on any atom is -0.457 e. The second-order valence-electron chi connectivity index (χ2n) is 8.27. The third-order valence-corrected chi connectivity index (χ3v) is 6.00. The molecule has 2 aromatic heterocycles. The van der Waals surface area contributed by atoms with Crippen LogP contribution in [0.15, 0.2) is 79.4 Å². The van der Waals surface area contributed by atoms with Gasteiger partial charge in [0.05, 0.1) is 0 Å². The van der Waals surface area contributed by atoms with Gasteiger partial charge in [0.25, 0.3) is 0 Å². The van der Waals surface area contributed by atoms with E-state index >= 15 is 0 Å². The Morgan fingerprint density at radius 1 is 0.941 bits per heavy atom. The van der Waals surface area contributed by atoms with Crippen molar-refractivity contribution in [3.8, 4) is 17.3 Å². The van der Waals surface area contributed by atoms with Crippen LogP contribution in [0.25, 0.3) is 5.82 Å². The number of hydrogen-bond acceptors (Lipinski definition) is 6. The molecule has 0 saturated carbocycles. The van der Waals surface area contributed by atoms with Crippen molar-refractivity contribution in [2.24, 2.45) is 5.92 Å². The van der Waals surface area contributed by atoms with E-state index in [1.54, 1.807) is 12.5 Å². The van der Waals surface area contributed by atoms with Gasteiger partial charge in [0.1, 0.15) is 35.3 Å². The van der Waals surface area contributed by atoms with Crippen molar-refractivity contribution < 1.29 is 9.53 Å². The second-order valence-corrected chi connectivity index (χ2v) is 8.27. The van der Waals surface area contributed by atoms with Crippen molar-refractivity contribution in [3.05, 3.63) is 85.2 Å². The van der Waals surface area contributed by atoms with E-state index in [1.807, 2.05) is 78.4 Å². The van der Waals surface area contributed by atoms with Crippen LogP contribution in [0, 0.1) is 12.8 Å². The first-order valence-electron chi connectivity index (χ1n) is 11.4. The van der Waals surface area contributed by atoms with Gasteiger partial charge in [0.2, 0.25) is 5.91 Å². The molecule has 172 valence electrons. The van der Waals surface area contributed by atoms with Gasteiger partial charge >= 0.3 is 0 Å². The Hall–Kier alpha value is -4.20. The van der Waals surface area contributed by atoms with Crippen LogP contribution in [0.3, 0.4) is 0 Å². The third kappa shape index (κ3) is 4.91. The molecular weight excluding hydrogens is 428 g/mol. The number of benzene rings is 2. The number of ether oxygens (including phenoxy) is 1. The number of nitrogens with one attached hydrogen (secondary N) is 1. The molecule has 1 aliphatic heterocycles. The number of rotatable bonds is 6. The standard InChI is InChI=1S/C26H26N6O2/c1-19-27-13-16-32(19)25-17-24(28-18-29-25)31-14-11-20(12-15-31)26(33)30-21-7-9-23(10-8-21)34-22-5-3-2-4-6-22/h2-10,13,16-18,20H,11-12,14-15H2,1H3,(H,30,33). The summed E-state index contributed by atoms with van der Waals surface area (Å²) in [6.45, 7) is 3.47. The van der Waals surface area contributed by atoms with Crippen molar-refractivity contribution in [1.82, 2.24) is 19.5 Å². The smallest absolute Gasteiger partial charge is 0.227 e. The summed E-state index contributed by atoms with van der Waals surface area (Å²) in [5, 5.41) is 3.04. The van der Waals surface area contributed by atoms with Crippen LogP contribution >= 0.6 is 0 Å². The zero-order valence-corrected chi connectivity index (χ0v) is 19.0. The highest BCUT2D eigenvalue weighted by atomic mass is 16.5. The molecule has 4 aromatic rings. The molecule has 2 aromatic carbocycles. The molecule has 0 radical (unpaired) electrons. The summed E-state index contributed by atoms with van der Waals surface area (Å²) in [4.78, 5) is 28.1. The average Bonchev–Trinajstić information content (AvgIpc) is 3.32. The average molecular weight is 455 g/mol. The summed E-state index contributed by atoms with van der Waals surface area (Å²) in [6, 6.07) is 19.0. The summed E-state index contributed by atoms with van der Waals surface area (Å²) in [7, 11) is 0. The molecule has 0 spiro atoms. The molecule has 8 nitrogen and oxygen atoms in total. The Morgan fingerprint density at radius 3 is 2.35 bits per heavy atom. The monoisotopic (exact) mass is 454 g/mol. The van der Waals surface area contributed by atoms with Gasteiger partial charge in [-0.2, -0.15) is 0 Å². The van der Waals surface area contributed by atoms with Crippen molar-refractivity contribution in [1.29, 1.82) is 0 Å². The lowest BCUT2D eigenvalue weighted by Gasteiger charge is -2.32. The molecule has 1 amide bonds. The SMILES string of the molecule is Cc1nccn1-c1cc(N2CCC(C(=O)Nc3ccc(Oc4ccccc4)cc3)CC2)ncn1. The molecule has 1 aliphatic rings. The van der Waals surface area contributed by atoms with Gasteiger partial charge in [0.15, 0.2) is 0 Å². The third-order valence-electron chi connectivity index (χ3n) is 6.00. The largest absolute Gasteiger partial charge is 0.457 e. The first kappa shape index (κ1) is 21.6. The van der Waals surface area contributed by atoms with Crippen molar-refractivity contribution >= 4 is 17.4 Å². The van der Waals surface area contributed by atoms with Gasteiger partial charge in [-0.3, -0.25) is 9.36 Å². The van der Waals surface area contributed by atoms with E-state index in [0.717, 1.165) is 60.6 Å². The van der Waals surface area contributed by atoms with E-state index < -0.39 is 0 Å². The van der Waals surface area contributed by atoms with E-state index in [0.29, 0.717) is 0 Å². The predicted molar refractivity (Wildman–Crippen MR) is 130 cm³/mol. The molecule has 0 bridgehead atoms. The molecule has 1 N–H and O–H groups in total. The number of anilines is 2.